The lowest BCUT2D eigenvalue weighted by Gasteiger charge is -2.22. The summed E-state index contributed by atoms with van der Waals surface area (Å²) in [6.07, 6.45) is 0. The van der Waals surface area contributed by atoms with Crippen LogP contribution in [-0.4, -0.2) is 34.1 Å². The SMILES string of the molecule is CN1C(=O)N([PH](=O)Oc2ccccc2)C(=O)C1(C)C. The number of imide groups is 1. The maximum absolute atomic E-state index is 12.1. The topological polar surface area (TPSA) is 66.9 Å². The van der Waals surface area contributed by atoms with Gasteiger partial charge in [-0.25, -0.2) is 4.79 Å². The van der Waals surface area contributed by atoms with Crippen LogP contribution in [0, 0.1) is 0 Å². The van der Waals surface area contributed by atoms with Crippen molar-refractivity contribution in [2.75, 3.05) is 7.05 Å². The smallest absolute Gasteiger partial charge is 0.342 e. The van der Waals surface area contributed by atoms with Gasteiger partial charge in [0, 0.05) is 7.05 Å². The lowest BCUT2D eigenvalue weighted by Crippen LogP contribution is -2.41. The number of carbonyl (C=O) groups is 2. The number of rotatable bonds is 3. The highest BCUT2D eigenvalue weighted by atomic mass is 31.1. The van der Waals surface area contributed by atoms with Gasteiger partial charge in [0.05, 0.1) is 0 Å². The summed E-state index contributed by atoms with van der Waals surface area (Å²) in [5.41, 5.74) is -1.00. The van der Waals surface area contributed by atoms with Crippen LogP contribution in [0.25, 0.3) is 0 Å². The summed E-state index contributed by atoms with van der Waals surface area (Å²) in [6, 6.07) is 7.84. The van der Waals surface area contributed by atoms with Gasteiger partial charge in [0.1, 0.15) is 11.3 Å². The molecule has 0 aromatic heterocycles. The van der Waals surface area contributed by atoms with E-state index in [1.165, 1.54) is 11.9 Å². The number of hydrogen-bond acceptors (Lipinski definition) is 4. The molecular weight excluding hydrogens is 267 g/mol. The number of likely N-dealkylation sites (N-methyl/N-ethyl adjacent to an activating group) is 1. The Kier molecular flexibility index (Phi) is 3.37. The highest BCUT2D eigenvalue weighted by molar-refractivity contribution is 7.38. The van der Waals surface area contributed by atoms with E-state index in [0.29, 0.717) is 10.4 Å². The molecular formula is C12H15N2O4P. The first-order valence-corrected chi connectivity index (χ1v) is 7.01. The van der Waals surface area contributed by atoms with E-state index >= 15 is 0 Å². The largest absolute Gasteiger partial charge is 0.430 e. The third-order valence-corrected chi connectivity index (χ3v) is 4.34. The molecule has 3 amide bonds. The predicted octanol–water partition coefficient (Wildman–Crippen LogP) is 2.13. The van der Waals surface area contributed by atoms with E-state index in [-0.39, 0.29) is 0 Å². The Hall–Kier alpha value is -1.81. The van der Waals surface area contributed by atoms with Crippen LogP contribution in [0.4, 0.5) is 4.79 Å². The van der Waals surface area contributed by atoms with Gasteiger partial charge >= 0.3 is 14.2 Å². The van der Waals surface area contributed by atoms with Crippen molar-refractivity contribution in [2.24, 2.45) is 0 Å². The zero-order chi connectivity index (χ0) is 14.2. The summed E-state index contributed by atoms with van der Waals surface area (Å²) < 4.78 is 18.0. The average Bonchev–Trinajstić information content (AvgIpc) is 2.52. The highest BCUT2D eigenvalue weighted by Gasteiger charge is 2.52. The summed E-state index contributed by atoms with van der Waals surface area (Å²) in [6.45, 7) is 3.20. The number of urea groups is 1. The molecule has 2 rings (SSSR count). The van der Waals surface area contributed by atoms with Crippen molar-refractivity contribution >= 4 is 20.1 Å². The monoisotopic (exact) mass is 282 g/mol. The fourth-order valence-corrected chi connectivity index (χ4v) is 2.86. The molecule has 19 heavy (non-hydrogen) atoms. The van der Waals surface area contributed by atoms with E-state index in [1.807, 2.05) is 0 Å². The molecule has 102 valence electrons. The molecule has 0 saturated carbocycles. The highest BCUT2D eigenvalue weighted by Crippen LogP contribution is 2.39. The van der Waals surface area contributed by atoms with Crippen molar-refractivity contribution in [3.05, 3.63) is 30.3 Å². The van der Waals surface area contributed by atoms with Gasteiger partial charge in [-0.1, -0.05) is 18.2 Å². The molecule has 1 aromatic carbocycles. The first-order chi connectivity index (χ1) is 8.85. The minimum absolute atomic E-state index is 0.361. The first-order valence-electron chi connectivity index (χ1n) is 5.75. The lowest BCUT2D eigenvalue weighted by molar-refractivity contribution is -0.128. The van der Waals surface area contributed by atoms with Crippen LogP contribution < -0.4 is 4.52 Å². The van der Waals surface area contributed by atoms with Gasteiger partial charge in [-0.3, -0.25) is 9.36 Å². The zero-order valence-corrected chi connectivity index (χ0v) is 11.9. The molecule has 6 nitrogen and oxygen atoms in total. The summed E-state index contributed by atoms with van der Waals surface area (Å²) in [5, 5.41) is 0. The second-order valence-electron chi connectivity index (χ2n) is 4.72. The molecule has 1 aromatic rings. The van der Waals surface area contributed by atoms with Crippen LogP contribution in [-0.2, 0) is 9.36 Å². The van der Waals surface area contributed by atoms with Crippen LogP contribution in [0.1, 0.15) is 13.8 Å². The van der Waals surface area contributed by atoms with Crippen LogP contribution in [0.3, 0.4) is 0 Å². The molecule has 1 atom stereocenters. The maximum Gasteiger partial charge on any atom is 0.342 e. The lowest BCUT2D eigenvalue weighted by atomic mass is 10.1. The van der Waals surface area contributed by atoms with E-state index in [1.54, 1.807) is 44.2 Å². The van der Waals surface area contributed by atoms with Gasteiger partial charge in [-0.2, -0.15) is 4.67 Å². The second-order valence-corrected chi connectivity index (χ2v) is 5.91. The molecule has 0 radical (unpaired) electrons. The van der Waals surface area contributed by atoms with Gasteiger partial charge in [-0.05, 0) is 26.0 Å². The molecule has 1 aliphatic heterocycles. The van der Waals surface area contributed by atoms with Gasteiger partial charge in [0.2, 0.25) is 0 Å². The zero-order valence-electron chi connectivity index (χ0n) is 10.9. The van der Waals surface area contributed by atoms with Crippen molar-refractivity contribution in [2.45, 2.75) is 19.4 Å². The molecule has 1 aliphatic rings. The Morgan fingerprint density at radius 3 is 2.21 bits per heavy atom. The molecule has 0 N–H and O–H groups in total. The van der Waals surface area contributed by atoms with Gasteiger partial charge in [0.25, 0.3) is 5.91 Å². The fourth-order valence-electron chi connectivity index (χ4n) is 1.69. The van der Waals surface area contributed by atoms with E-state index in [9.17, 15) is 14.2 Å². The van der Waals surface area contributed by atoms with E-state index in [0.717, 1.165) is 0 Å². The van der Waals surface area contributed by atoms with Crippen molar-refractivity contribution in [3.63, 3.8) is 0 Å². The number of nitrogens with zero attached hydrogens (tertiary/aromatic N) is 2. The van der Waals surface area contributed by atoms with Crippen molar-refractivity contribution in [3.8, 4) is 5.75 Å². The fraction of sp³-hybridized carbons (Fsp3) is 0.333. The minimum Gasteiger partial charge on any atom is -0.430 e. The summed E-state index contributed by atoms with van der Waals surface area (Å²) in [7, 11) is -1.48. The first kappa shape index (κ1) is 13.6. The molecule has 1 unspecified atom stereocenters. The number of benzene rings is 1. The molecule has 0 bridgehead atoms. The summed E-state index contributed by atoms with van der Waals surface area (Å²) in [4.78, 5) is 25.3. The second kappa shape index (κ2) is 4.70. The predicted molar refractivity (Wildman–Crippen MR) is 70.2 cm³/mol. The Balaban J connectivity index is 2.21. The van der Waals surface area contributed by atoms with Crippen LogP contribution >= 0.6 is 8.18 Å². The van der Waals surface area contributed by atoms with Crippen LogP contribution in [0.5, 0.6) is 5.75 Å². The van der Waals surface area contributed by atoms with E-state index in [4.69, 9.17) is 4.52 Å². The Labute approximate surface area is 111 Å². The maximum atomic E-state index is 12.1. The van der Waals surface area contributed by atoms with E-state index in [2.05, 4.69) is 0 Å². The van der Waals surface area contributed by atoms with Gasteiger partial charge < -0.3 is 9.42 Å². The molecule has 0 spiro atoms. The summed E-state index contributed by atoms with van der Waals surface area (Å²) >= 11 is 0. The number of hydrogen-bond donors (Lipinski definition) is 0. The number of carbonyl (C=O) groups excluding carboxylic acids is 2. The van der Waals surface area contributed by atoms with Crippen molar-refractivity contribution in [1.82, 2.24) is 9.57 Å². The molecule has 1 heterocycles. The minimum atomic E-state index is -2.98. The Morgan fingerprint density at radius 2 is 1.74 bits per heavy atom. The summed E-state index contributed by atoms with van der Waals surface area (Å²) in [5.74, 6) is -0.154. The Bertz CT molecular complexity index is 544. The van der Waals surface area contributed by atoms with E-state index < -0.39 is 25.7 Å². The Morgan fingerprint density at radius 1 is 1.16 bits per heavy atom. The van der Waals surface area contributed by atoms with Crippen LogP contribution in [0.2, 0.25) is 0 Å². The molecule has 7 heteroatoms. The standard InChI is InChI=1S/C12H15N2O4P/c1-12(2)10(15)14(11(16)13(12)3)19(17)18-9-7-5-4-6-8-9/h4-8,19H,1-3H3. The number of para-hydroxylation sites is 1. The third kappa shape index (κ3) is 2.24. The molecule has 0 aliphatic carbocycles. The van der Waals surface area contributed by atoms with Crippen molar-refractivity contribution in [1.29, 1.82) is 0 Å². The van der Waals surface area contributed by atoms with Gasteiger partial charge in [0.15, 0.2) is 0 Å². The average molecular weight is 282 g/mol. The molecule has 1 saturated heterocycles. The normalized spacial score (nSPS) is 19.7. The van der Waals surface area contributed by atoms with Crippen LogP contribution in [0.15, 0.2) is 30.3 Å². The number of amides is 3. The molecule has 1 fully saturated rings. The van der Waals surface area contributed by atoms with Crippen molar-refractivity contribution < 1.29 is 18.7 Å². The third-order valence-electron chi connectivity index (χ3n) is 3.17. The quantitative estimate of drug-likeness (QED) is 0.629. The van der Waals surface area contributed by atoms with Gasteiger partial charge in [-0.15, -0.1) is 0 Å².